The normalized spacial score (nSPS) is 14.2. The van der Waals surface area contributed by atoms with E-state index in [0.717, 1.165) is 42.7 Å². The van der Waals surface area contributed by atoms with Crippen molar-refractivity contribution in [3.63, 3.8) is 0 Å². The van der Waals surface area contributed by atoms with Crippen LogP contribution in [-0.4, -0.2) is 34.5 Å². The van der Waals surface area contributed by atoms with Gasteiger partial charge in [0.25, 0.3) is 0 Å². The van der Waals surface area contributed by atoms with Crippen LogP contribution in [0.25, 0.3) is 0 Å². The molecule has 0 saturated heterocycles. The molecule has 0 bridgehead atoms. The maximum Gasteiger partial charge on any atom is 0.159 e. The Labute approximate surface area is 141 Å². The van der Waals surface area contributed by atoms with Crippen LogP contribution < -0.4 is 4.74 Å². The summed E-state index contributed by atoms with van der Waals surface area (Å²) in [5.41, 5.74) is 2.42. The molecule has 0 saturated carbocycles. The van der Waals surface area contributed by atoms with Gasteiger partial charge in [-0.3, -0.25) is 9.98 Å². The first-order valence-corrected chi connectivity index (χ1v) is 8.78. The van der Waals surface area contributed by atoms with E-state index in [-0.39, 0.29) is 0 Å². The van der Waals surface area contributed by atoms with E-state index < -0.39 is 0 Å². The molecule has 1 aromatic heterocycles. The van der Waals surface area contributed by atoms with E-state index in [1.165, 1.54) is 11.1 Å². The lowest BCUT2D eigenvalue weighted by Crippen LogP contribution is -2.30. The highest BCUT2D eigenvalue weighted by atomic mass is 32.2. The molecule has 0 aliphatic carbocycles. The van der Waals surface area contributed by atoms with Crippen LogP contribution in [0.5, 0.6) is 5.75 Å². The van der Waals surface area contributed by atoms with Gasteiger partial charge < -0.3 is 9.64 Å². The van der Waals surface area contributed by atoms with Crippen molar-refractivity contribution in [2.75, 3.05) is 19.4 Å². The zero-order chi connectivity index (χ0) is 15.9. The summed E-state index contributed by atoms with van der Waals surface area (Å²) in [7, 11) is 1.70. The number of hydrogen-bond donors (Lipinski definition) is 0. The summed E-state index contributed by atoms with van der Waals surface area (Å²) in [6.45, 7) is 2.55. The summed E-state index contributed by atoms with van der Waals surface area (Å²) in [5, 5.41) is 1.13. The third kappa shape index (κ3) is 4.48. The number of benzene rings is 1. The zero-order valence-corrected chi connectivity index (χ0v) is 14.1. The summed E-state index contributed by atoms with van der Waals surface area (Å²) in [4.78, 5) is 11.3. The summed E-state index contributed by atoms with van der Waals surface area (Å²) < 4.78 is 5.34. The van der Waals surface area contributed by atoms with Gasteiger partial charge in [-0.25, -0.2) is 0 Å². The lowest BCUT2D eigenvalue weighted by molar-refractivity contribution is 0.401. The number of rotatable bonds is 5. The summed E-state index contributed by atoms with van der Waals surface area (Å²) >= 11 is 1.84. The van der Waals surface area contributed by atoms with Crippen molar-refractivity contribution in [3.8, 4) is 5.75 Å². The fourth-order valence-electron chi connectivity index (χ4n) is 2.53. The standard InChI is InChI=1S/C18H21N3OS/c1-22-17-7-2-5-15(11-17)13-21(18-20-9-4-10-23-18)14-16-6-3-8-19-12-16/h2-3,5-8,11-12H,4,9-10,13-14H2,1H3. The fourth-order valence-corrected chi connectivity index (χ4v) is 3.48. The van der Waals surface area contributed by atoms with Crippen molar-refractivity contribution in [1.29, 1.82) is 0 Å². The van der Waals surface area contributed by atoms with Crippen molar-refractivity contribution >= 4 is 16.9 Å². The van der Waals surface area contributed by atoms with Crippen molar-refractivity contribution < 1.29 is 4.74 Å². The predicted octanol–water partition coefficient (Wildman–Crippen LogP) is 3.59. The number of ether oxygens (including phenoxy) is 1. The van der Waals surface area contributed by atoms with Gasteiger partial charge in [0.05, 0.1) is 7.11 Å². The SMILES string of the molecule is COc1cccc(CN(Cc2cccnc2)C2=NCCCS2)c1. The Balaban J connectivity index is 1.80. The van der Waals surface area contributed by atoms with E-state index in [1.807, 2.05) is 42.4 Å². The van der Waals surface area contributed by atoms with E-state index in [2.05, 4.69) is 28.1 Å². The zero-order valence-electron chi connectivity index (χ0n) is 13.3. The molecule has 1 aliphatic heterocycles. The highest BCUT2D eigenvalue weighted by Crippen LogP contribution is 2.22. The highest BCUT2D eigenvalue weighted by molar-refractivity contribution is 8.13. The van der Waals surface area contributed by atoms with Gasteiger partial charge in [-0.05, 0) is 35.7 Å². The lowest BCUT2D eigenvalue weighted by atomic mass is 10.2. The average Bonchev–Trinajstić information content (AvgIpc) is 2.63. The Morgan fingerprint density at radius 3 is 2.78 bits per heavy atom. The maximum atomic E-state index is 5.34. The van der Waals surface area contributed by atoms with Crippen LogP contribution in [0.4, 0.5) is 0 Å². The van der Waals surface area contributed by atoms with Gasteiger partial charge >= 0.3 is 0 Å². The summed E-state index contributed by atoms with van der Waals surface area (Å²) in [6.07, 6.45) is 4.89. The molecule has 0 unspecified atom stereocenters. The Morgan fingerprint density at radius 1 is 1.17 bits per heavy atom. The van der Waals surface area contributed by atoms with Crippen LogP contribution in [0, 0.1) is 0 Å². The molecule has 3 rings (SSSR count). The largest absolute Gasteiger partial charge is 0.497 e. The van der Waals surface area contributed by atoms with E-state index in [4.69, 9.17) is 9.73 Å². The Hall–Kier alpha value is -2.01. The Bertz CT molecular complexity index is 660. The van der Waals surface area contributed by atoms with E-state index in [1.54, 1.807) is 7.11 Å². The molecular weight excluding hydrogens is 306 g/mol. The first-order valence-electron chi connectivity index (χ1n) is 7.79. The van der Waals surface area contributed by atoms with Gasteiger partial charge in [-0.15, -0.1) is 0 Å². The minimum Gasteiger partial charge on any atom is -0.497 e. The molecule has 0 spiro atoms. The van der Waals surface area contributed by atoms with Crippen molar-refractivity contribution in [1.82, 2.24) is 9.88 Å². The summed E-state index contributed by atoms with van der Waals surface area (Å²) in [6, 6.07) is 12.3. The second kappa shape index (κ2) is 8.02. The monoisotopic (exact) mass is 327 g/mol. The second-order valence-corrected chi connectivity index (χ2v) is 6.50. The molecular formula is C18H21N3OS. The highest BCUT2D eigenvalue weighted by Gasteiger charge is 2.16. The van der Waals surface area contributed by atoms with Gasteiger partial charge in [-0.2, -0.15) is 0 Å². The topological polar surface area (TPSA) is 37.7 Å². The Kier molecular flexibility index (Phi) is 5.53. The number of amidine groups is 1. The van der Waals surface area contributed by atoms with Crippen molar-refractivity contribution in [2.24, 2.45) is 4.99 Å². The number of thioether (sulfide) groups is 1. The number of methoxy groups -OCH3 is 1. The van der Waals surface area contributed by atoms with Gasteiger partial charge in [0.2, 0.25) is 0 Å². The van der Waals surface area contributed by atoms with Gasteiger partial charge in [-0.1, -0.05) is 30.0 Å². The van der Waals surface area contributed by atoms with E-state index >= 15 is 0 Å². The molecule has 2 heterocycles. The smallest absolute Gasteiger partial charge is 0.159 e. The first kappa shape index (κ1) is 15.9. The number of aliphatic imine (C=N–C) groups is 1. The number of aromatic nitrogens is 1. The molecule has 0 fully saturated rings. The number of hydrogen-bond acceptors (Lipinski definition) is 5. The molecule has 0 N–H and O–H groups in total. The maximum absolute atomic E-state index is 5.34. The summed E-state index contributed by atoms with van der Waals surface area (Å²) in [5.74, 6) is 2.03. The minimum atomic E-state index is 0.816. The molecule has 0 atom stereocenters. The molecule has 5 heteroatoms. The average molecular weight is 327 g/mol. The molecule has 2 aromatic rings. The molecule has 0 radical (unpaired) electrons. The third-order valence-corrected chi connectivity index (χ3v) is 4.79. The van der Waals surface area contributed by atoms with Crippen LogP contribution in [0.15, 0.2) is 53.8 Å². The number of pyridine rings is 1. The molecule has 1 aliphatic rings. The van der Waals surface area contributed by atoms with Crippen LogP contribution in [-0.2, 0) is 13.1 Å². The van der Waals surface area contributed by atoms with Crippen LogP contribution in [0.3, 0.4) is 0 Å². The Morgan fingerprint density at radius 2 is 2.04 bits per heavy atom. The van der Waals surface area contributed by atoms with Gasteiger partial charge in [0.1, 0.15) is 5.75 Å². The van der Waals surface area contributed by atoms with Gasteiger partial charge in [0, 0.05) is 37.8 Å². The third-order valence-electron chi connectivity index (χ3n) is 3.66. The molecule has 0 amide bonds. The molecule has 120 valence electrons. The van der Waals surface area contributed by atoms with Crippen molar-refractivity contribution in [3.05, 3.63) is 59.9 Å². The van der Waals surface area contributed by atoms with E-state index in [9.17, 15) is 0 Å². The second-order valence-electron chi connectivity index (χ2n) is 5.44. The fraction of sp³-hybridized carbons (Fsp3) is 0.333. The van der Waals surface area contributed by atoms with Gasteiger partial charge in [0.15, 0.2) is 5.17 Å². The van der Waals surface area contributed by atoms with E-state index in [0.29, 0.717) is 0 Å². The predicted molar refractivity (Wildman–Crippen MR) is 95.9 cm³/mol. The quantitative estimate of drug-likeness (QED) is 0.841. The van der Waals surface area contributed by atoms with Crippen LogP contribution in [0.1, 0.15) is 17.5 Å². The van der Waals surface area contributed by atoms with Crippen LogP contribution >= 0.6 is 11.8 Å². The first-order chi connectivity index (χ1) is 11.3. The van der Waals surface area contributed by atoms with Crippen LogP contribution in [0.2, 0.25) is 0 Å². The molecule has 4 nitrogen and oxygen atoms in total. The molecule has 1 aromatic carbocycles. The van der Waals surface area contributed by atoms with Crippen molar-refractivity contribution in [2.45, 2.75) is 19.5 Å². The molecule has 23 heavy (non-hydrogen) atoms. The number of nitrogens with zero attached hydrogens (tertiary/aromatic N) is 3. The minimum absolute atomic E-state index is 0.816. The lowest BCUT2D eigenvalue weighted by Gasteiger charge is -2.27.